The number of nitrogens with zero attached hydrogens (tertiary/aromatic N) is 5. The van der Waals surface area contributed by atoms with Crippen LogP contribution in [0.15, 0.2) is 77.5 Å². The number of furan rings is 1. The SMILES string of the molecule is Cc1c(-c2cnn(C)c2)nn(-c2ccccc2)c1NC(=O)N[C@@H]1CN(Cc2ccc(C(=O)O)o2)C[C@H]1c1ccc(F)c(F)c1. The molecule has 2 atom stereocenters. The molecule has 6 rings (SSSR count). The number of carboxylic acids is 1. The molecule has 1 fully saturated rings. The highest BCUT2D eigenvalue weighted by molar-refractivity contribution is 5.91. The van der Waals surface area contributed by atoms with Gasteiger partial charge in [0, 0.05) is 43.4 Å². The third-order valence-electron chi connectivity index (χ3n) is 7.67. The number of hydrogen-bond donors (Lipinski definition) is 3. The average Bonchev–Trinajstić information content (AvgIpc) is 3.79. The summed E-state index contributed by atoms with van der Waals surface area (Å²) < 4.78 is 36.8. The second kappa shape index (κ2) is 11.8. The van der Waals surface area contributed by atoms with Gasteiger partial charge in [-0.25, -0.2) is 23.1 Å². The van der Waals surface area contributed by atoms with Gasteiger partial charge in [-0.3, -0.25) is 14.9 Å². The molecule has 3 N–H and O–H groups in total. The highest BCUT2D eigenvalue weighted by atomic mass is 19.2. The van der Waals surface area contributed by atoms with Crippen LogP contribution in [0.5, 0.6) is 0 Å². The van der Waals surface area contributed by atoms with Gasteiger partial charge in [0.2, 0.25) is 5.76 Å². The number of para-hydroxylation sites is 1. The molecule has 0 saturated carbocycles. The second-order valence-electron chi connectivity index (χ2n) is 10.7. The summed E-state index contributed by atoms with van der Waals surface area (Å²) in [4.78, 5) is 26.8. The van der Waals surface area contributed by atoms with Crippen LogP contribution < -0.4 is 10.6 Å². The Morgan fingerprint density at radius 1 is 1.07 bits per heavy atom. The first-order chi connectivity index (χ1) is 21.2. The molecule has 4 heterocycles. The lowest BCUT2D eigenvalue weighted by atomic mass is 9.94. The Hall–Kier alpha value is -5.30. The van der Waals surface area contributed by atoms with Crippen molar-refractivity contribution in [2.75, 3.05) is 18.4 Å². The number of carboxylic acid groups (broad SMARTS) is 1. The number of urea groups is 1. The number of hydrogen-bond acceptors (Lipinski definition) is 6. The molecule has 0 unspecified atom stereocenters. The van der Waals surface area contributed by atoms with E-state index in [1.807, 2.05) is 55.4 Å². The van der Waals surface area contributed by atoms with E-state index in [0.717, 1.165) is 28.9 Å². The van der Waals surface area contributed by atoms with Crippen molar-refractivity contribution < 1.29 is 27.9 Å². The van der Waals surface area contributed by atoms with E-state index in [1.165, 1.54) is 12.1 Å². The number of benzene rings is 2. The Morgan fingerprint density at radius 3 is 2.55 bits per heavy atom. The first kappa shape index (κ1) is 28.8. The number of aromatic nitrogens is 4. The summed E-state index contributed by atoms with van der Waals surface area (Å²) in [5.74, 6) is -2.80. The molecule has 44 heavy (non-hydrogen) atoms. The largest absolute Gasteiger partial charge is 0.475 e. The van der Waals surface area contributed by atoms with Crippen LogP contribution in [-0.4, -0.2) is 60.7 Å². The van der Waals surface area contributed by atoms with E-state index in [4.69, 9.17) is 9.52 Å². The van der Waals surface area contributed by atoms with Crippen molar-refractivity contribution in [3.8, 4) is 16.9 Å². The minimum absolute atomic E-state index is 0.179. The summed E-state index contributed by atoms with van der Waals surface area (Å²) >= 11 is 0. The van der Waals surface area contributed by atoms with Crippen LogP contribution in [0, 0.1) is 18.6 Å². The van der Waals surface area contributed by atoms with Gasteiger partial charge in [-0.1, -0.05) is 24.3 Å². The van der Waals surface area contributed by atoms with E-state index >= 15 is 0 Å². The van der Waals surface area contributed by atoms with Crippen LogP contribution in [0.25, 0.3) is 16.9 Å². The lowest BCUT2D eigenvalue weighted by molar-refractivity contribution is 0.0658. The molecule has 2 amide bonds. The van der Waals surface area contributed by atoms with Crippen LogP contribution in [0.4, 0.5) is 19.4 Å². The fourth-order valence-electron chi connectivity index (χ4n) is 5.57. The van der Waals surface area contributed by atoms with Crippen LogP contribution in [0.3, 0.4) is 0 Å². The Kier molecular flexibility index (Phi) is 7.70. The van der Waals surface area contributed by atoms with Gasteiger partial charge in [0.15, 0.2) is 11.6 Å². The maximum absolute atomic E-state index is 14.3. The number of carbonyl (C=O) groups is 2. The average molecular weight is 602 g/mol. The molecule has 5 aromatic rings. The number of anilines is 1. The molecule has 0 spiro atoms. The molecule has 13 heteroatoms. The van der Waals surface area contributed by atoms with E-state index in [1.54, 1.807) is 21.6 Å². The summed E-state index contributed by atoms with van der Waals surface area (Å²) in [7, 11) is 1.81. The third kappa shape index (κ3) is 5.81. The van der Waals surface area contributed by atoms with Crippen molar-refractivity contribution in [1.29, 1.82) is 0 Å². The zero-order chi connectivity index (χ0) is 31.0. The zero-order valence-corrected chi connectivity index (χ0v) is 23.9. The number of aromatic carboxylic acids is 1. The molecule has 3 aromatic heterocycles. The van der Waals surface area contributed by atoms with Crippen molar-refractivity contribution in [3.05, 3.63) is 107 Å². The second-order valence-corrected chi connectivity index (χ2v) is 10.7. The predicted molar refractivity (Wildman–Crippen MR) is 156 cm³/mol. The van der Waals surface area contributed by atoms with Gasteiger partial charge >= 0.3 is 12.0 Å². The van der Waals surface area contributed by atoms with Crippen molar-refractivity contribution in [3.63, 3.8) is 0 Å². The molecule has 1 aliphatic heterocycles. The Balaban J connectivity index is 1.27. The van der Waals surface area contributed by atoms with Gasteiger partial charge in [-0.2, -0.15) is 10.2 Å². The first-order valence-electron chi connectivity index (χ1n) is 13.9. The maximum atomic E-state index is 14.3. The van der Waals surface area contributed by atoms with Gasteiger partial charge in [0.05, 0.1) is 24.5 Å². The number of amides is 2. The van der Waals surface area contributed by atoms with Crippen molar-refractivity contribution in [1.82, 2.24) is 29.8 Å². The van der Waals surface area contributed by atoms with Gasteiger partial charge < -0.3 is 14.8 Å². The highest BCUT2D eigenvalue weighted by Crippen LogP contribution is 2.32. The van der Waals surface area contributed by atoms with Crippen molar-refractivity contribution in [2.45, 2.75) is 25.4 Å². The van der Waals surface area contributed by atoms with E-state index < -0.39 is 35.6 Å². The number of aryl methyl sites for hydroxylation is 1. The van der Waals surface area contributed by atoms with Gasteiger partial charge in [-0.15, -0.1) is 0 Å². The molecule has 11 nitrogen and oxygen atoms in total. The molecule has 226 valence electrons. The minimum atomic E-state index is -1.18. The summed E-state index contributed by atoms with van der Waals surface area (Å²) in [6, 6.07) is 15.0. The third-order valence-corrected chi connectivity index (χ3v) is 7.67. The topological polar surface area (TPSA) is 130 Å². The maximum Gasteiger partial charge on any atom is 0.371 e. The summed E-state index contributed by atoms with van der Waals surface area (Å²) in [5.41, 5.74) is 3.44. The minimum Gasteiger partial charge on any atom is -0.475 e. The standard InChI is InChI=1S/C31H29F2N7O4/c1-18-28(20-13-34-38(2)14-20)37-40(21-6-4-3-5-7-21)29(18)36-31(43)35-26-17-39(15-22-9-11-27(44-22)30(41)42)16-23(26)19-8-10-24(32)25(33)12-19/h3-14,23,26H,15-17H2,1-2H3,(H,41,42)(H2,35,36,43)/t23-,26+/m0/s1. The predicted octanol–water partition coefficient (Wildman–Crippen LogP) is 4.94. The molecular weight excluding hydrogens is 572 g/mol. The smallest absolute Gasteiger partial charge is 0.371 e. The normalized spacial score (nSPS) is 16.7. The molecule has 0 aliphatic carbocycles. The van der Waals surface area contributed by atoms with Gasteiger partial charge in [0.1, 0.15) is 17.3 Å². The van der Waals surface area contributed by atoms with Crippen LogP contribution in [0.2, 0.25) is 0 Å². The van der Waals surface area contributed by atoms with E-state index in [0.29, 0.717) is 35.9 Å². The van der Waals surface area contributed by atoms with E-state index in [2.05, 4.69) is 15.7 Å². The fourth-order valence-corrected chi connectivity index (χ4v) is 5.57. The van der Waals surface area contributed by atoms with E-state index in [9.17, 15) is 23.5 Å². The number of likely N-dealkylation sites (tertiary alicyclic amines) is 1. The van der Waals surface area contributed by atoms with Crippen molar-refractivity contribution >= 4 is 17.8 Å². The van der Waals surface area contributed by atoms with Crippen LogP contribution >= 0.6 is 0 Å². The molecule has 1 aliphatic rings. The zero-order valence-electron chi connectivity index (χ0n) is 23.9. The van der Waals surface area contributed by atoms with Gasteiger partial charge in [0.25, 0.3) is 0 Å². The lowest BCUT2D eigenvalue weighted by Crippen LogP contribution is -2.42. The summed E-state index contributed by atoms with van der Waals surface area (Å²) in [6.45, 7) is 2.85. The first-order valence-corrected chi connectivity index (χ1v) is 13.9. The highest BCUT2D eigenvalue weighted by Gasteiger charge is 2.36. The number of nitrogens with one attached hydrogen (secondary N) is 2. The quantitative estimate of drug-likeness (QED) is 0.230. The monoisotopic (exact) mass is 601 g/mol. The number of rotatable bonds is 8. The Labute approximate surface area is 250 Å². The summed E-state index contributed by atoms with van der Waals surface area (Å²) in [6.07, 6.45) is 3.54. The van der Waals surface area contributed by atoms with E-state index in [-0.39, 0.29) is 12.3 Å². The molecule has 1 saturated heterocycles. The van der Waals surface area contributed by atoms with Crippen LogP contribution in [-0.2, 0) is 13.6 Å². The summed E-state index contributed by atoms with van der Waals surface area (Å²) in [5, 5.41) is 24.2. The molecule has 2 aromatic carbocycles. The number of carbonyl (C=O) groups excluding carboxylic acids is 1. The van der Waals surface area contributed by atoms with Gasteiger partial charge in [-0.05, 0) is 48.9 Å². The molecule has 0 bridgehead atoms. The Morgan fingerprint density at radius 2 is 1.86 bits per heavy atom. The molecule has 0 radical (unpaired) electrons. The fraction of sp³-hybridized carbons (Fsp3) is 0.226. The van der Waals surface area contributed by atoms with Crippen molar-refractivity contribution in [2.24, 2.45) is 7.05 Å². The lowest BCUT2D eigenvalue weighted by Gasteiger charge is -2.21. The number of halogens is 2. The molecular formula is C31H29F2N7O4. The Bertz CT molecular complexity index is 1830. The van der Waals surface area contributed by atoms with Crippen LogP contribution in [0.1, 0.15) is 33.4 Å².